The lowest BCUT2D eigenvalue weighted by molar-refractivity contribution is -0.130. The number of carbonyl (C=O) groups excluding carboxylic acids is 1. The summed E-state index contributed by atoms with van der Waals surface area (Å²) in [6, 6.07) is 15.1. The molecule has 1 amide bonds. The van der Waals surface area contributed by atoms with Crippen LogP contribution in [0.1, 0.15) is 11.3 Å². The quantitative estimate of drug-likeness (QED) is 0.846. The molecule has 5 heteroatoms. The summed E-state index contributed by atoms with van der Waals surface area (Å²) in [7, 11) is 0. The molecule has 1 heterocycles. The van der Waals surface area contributed by atoms with E-state index in [4.69, 9.17) is 11.0 Å². The summed E-state index contributed by atoms with van der Waals surface area (Å²) in [5.41, 5.74) is 7.76. The second-order valence-corrected chi connectivity index (χ2v) is 4.65. The molecule has 0 atom stereocenters. The summed E-state index contributed by atoms with van der Waals surface area (Å²) >= 11 is 0. The molecule has 0 saturated heterocycles. The number of hydrogen-bond acceptors (Lipinski definition) is 4. The van der Waals surface area contributed by atoms with Crippen LogP contribution in [-0.4, -0.2) is 22.3 Å². The van der Waals surface area contributed by atoms with Crippen LogP contribution in [0.15, 0.2) is 48.7 Å². The monoisotopic (exact) mass is 280 g/mol. The second-order valence-electron chi connectivity index (χ2n) is 4.65. The van der Waals surface area contributed by atoms with Gasteiger partial charge in [0.1, 0.15) is 6.54 Å². The molecule has 0 aliphatic rings. The van der Waals surface area contributed by atoms with Gasteiger partial charge in [-0.15, -0.1) is 0 Å². The van der Waals surface area contributed by atoms with Crippen LogP contribution in [0.3, 0.4) is 0 Å². The number of pyridine rings is 1. The van der Waals surface area contributed by atoms with E-state index in [9.17, 15) is 4.79 Å². The van der Waals surface area contributed by atoms with Gasteiger partial charge < -0.3 is 10.6 Å². The van der Waals surface area contributed by atoms with Crippen molar-refractivity contribution in [1.29, 1.82) is 5.26 Å². The standard InChI is InChI=1S/C16H16N4O/c17-8-9-20(12-13-4-2-1-3-5-13)16(21)10-15-7-6-14(18)11-19-15/h1-7,11H,9-10,12,18H2. The third-order valence-electron chi connectivity index (χ3n) is 3.01. The Bertz CT molecular complexity index is 632. The summed E-state index contributed by atoms with van der Waals surface area (Å²) in [4.78, 5) is 17.9. The van der Waals surface area contributed by atoms with Crippen molar-refractivity contribution < 1.29 is 4.79 Å². The molecule has 0 unspecified atom stereocenters. The Kier molecular flexibility index (Phi) is 4.89. The van der Waals surface area contributed by atoms with Crippen LogP contribution in [0.25, 0.3) is 0 Å². The van der Waals surface area contributed by atoms with Gasteiger partial charge in [0, 0.05) is 12.2 Å². The third kappa shape index (κ3) is 4.32. The highest BCUT2D eigenvalue weighted by molar-refractivity contribution is 5.78. The van der Waals surface area contributed by atoms with Gasteiger partial charge in [0.05, 0.1) is 24.4 Å². The number of hydrogen-bond donors (Lipinski definition) is 1. The lowest BCUT2D eigenvalue weighted by atomic mass is 10.2. The molecule has 0 aliphatic carbocycles. The average Bonchev–Trinajstić information content (AvgIpc) is 2.50. The number of carbonyl (C=O) groups is 1. The highest BCUT2D eigenvalue weighted by Crippen LogP contribution is 2.08. The zero-order valence-electron chi connectivity index (χ0n) is 11.6. The van der Waals surface area contributed by atoms with Crippen molar-refractivity contribution in [3.63, 3.8) is 0 Å². The van der Waals surface area contributed by atoms with Crippen molar-refractivity contribution in [1.82, 2.24) is 9.88 Å². The summed E-state index contributed by atoms with van der Waals surface area (Å²) in [5, 5.41) is 8.89. The van der Waals surface area contributed by atoms with E-state index in [1.165, 1.54) is 11.1 Å². The van der Waals surface area contributed by atoms with Crippen molar-refractivity contribution >= 4 is 11.6 Å². The maximum Gasteiger partial charge on any atom is 0.229 e. The first kappa shape index (κ1) is 14.5. The Labute approximate surface area is 123 Å². The van der Waals surface area contributed by atoms with Gasteiger partial charge >= 0.3 is 0 Å². The number of rotatable bonds is 5. The number of nitrogens with two attached hydrogens (primary N) is 1. The Hall–Kier alpha value is -2.87. The zero-order chi connectivity index (χ0) is 15.1. The molecular weight excluding hydrogens is 264 g/mol. The van der Waals surface area contributed by atoms with Gasteiger partial charge in [0.15, 0.2) is 0 Å². The van der Waals surface area contributed by atoms with E-state index in [-0.39, 0.29) is 18.9 Å². The normalized spacial score (nSPS) is 9.86. The molecule has 2 aromatic rings. The minimum absolute atomic E-state index is 0.0582. The maximum atomic E-state index is 12.3. The maximum absolute atomic E-state index is 12.3. The highest BCUT2D eigenvalue weighted by atomic mass is 16.2. The van der Waals surface area contributed by atoms with Crippen molar-refractivity contribution in [2.75, 3.05) is 12.3 Å². The summed E-state index contributed by atoms with van der Waals surface area (Å²) in [5.74, 6) is -0.127. The van der Waals surface area contributed by atoms with Crippen LogP contribution in [0.4, 0.5) is 5.69 Å². The predicted octanol–water partition coefficient (Wildman–Crippen LogP) is 1.76. The Morgan fingerprint density at radius 1 is 1.24 bits per heavy atom. The molecule has 0 fully saturated rings. The number of amides is 1. The highest BCUT2D eigenvalue weighted by Gasteiger charge is 2.14. The Morgan fingerprint density at radius 2 is 2.00 bits per heavy atom. The van der Waals surface area contributed by atoms with Gasteiger partial charge in [-0.2, -0.15) is 5.26 Å². The van der Waals surface area contributed by atoms with Crippen molar-refractivity contribution in [3.05, 3.63) is 59.9 Å². The molecule has 0 saturated carbocycles. The number of benzene rings is 1. The topological polar surface area (TPSA) is 83.0 Å². The van der Waals surface area contributed by atoms with E-state index < -0.39 is 0 Å². The fourth-order valence-electron chi connectivity index (χ4n) is 1.93. The van der Waals surface area contributed by atoms with Crippen LogP contribution in [0.2, 0.25) is 0 Å². The largest absolute Gasteiger partial charge is 0.397 e. The van der Waals surface area contributed by atoms with E-state index in [2.05, 4.69) is 4.98 Å². The van der Waals surface area contributed by atoms with Crippen LogP contribution < -0.4 is 5.73 Å². The first-order valence-electron chi connectivity index (χ1n) is 6.58. The minimum atomic E-state index is -0.127. The smallest absolute Gasteiger partial charge is 0.229 e. The number of nitriles is 1. The minimum Gasteiger partial charge on any atom is -0.397 e. The molecule has 2 rings (SSSR count). The zero-order valence-corrected chi connectivity index (χ0v) is 11.6. The molecule has 2 N–H and O–H groups in total. The molecule has 5 nitrogen and oxygen atoms in total. The van der Waals surface area contributed by atoms with Gasteiger partial charge in [-0.3, -0.25) is 9.78 Å². The predicted molar refractivity (Wildman–Crippen MR) is 79.8 cm³/mol. The lowest BCUT2D eigenvalue weighted by Gasteiger charge is -2.19. The van der Waals surface area contributed by atoms with E-state index in [1.54, 1.807) is 12.1 Å². The van der Waals surface area contributed by atoms with Gasteiger partial charge in [-0.1, -0.05) is 30.3 Å². The van der Waals surface area contributed by atoms with Crippen molar-refractivity contribution in [3.8, 4) is 6.07 Å². The van der Waals surface area contributed by atoms with Crippen LogP contribution in [0.5, 0.6) is 0 Å². The average molecular weight is 280 g/mol. The van der Waals surface area contributed by atoms with Gasteiger partial charge in [-0.25, -0.2) is 0 Å². The molecule has 0 aliphatic heterocycles. The Morgan fingerprint density at radius 3 is 2.62 bits per heavy atom. The second kappa shape index (κ2) is 7.06. The van der Waals surface area contributed by atoms with Gasteiger partial charge in [0.25, 0.3) is 0 Å². The summed E-state index contributed by atoms with van der Waals surface area (Å²) in [6.45, 7) is 0.477. The molecule has 0 spiro atoms. The van der Waals surface area contributed by atoms with Gasteiger partial charge in [0.2, 0.25) is 5.91 Å². The SMILES string of the molecule is N#CCN(Cc1ccccc1)C(=O)Cc1ccc(N)cn1. The molecule has 0 radical (unpaired) electrons. The van der Waals surface area contributed by atoms with E-state index in [1.807, 2.05) is 36.4 Å². The van der Waals surface area contributed by atoms with Crippen LogP contribution in [0, 0.1) is 11.3 Å². The third-order valence-corrected chi connectivity index (χ3v) is 3.01. The Balaban J connectivity index is 2.05. The number of nitrogen functional groups attached to an aromatic ring is 1. The fourth-order valence-corrected chi connectivity index (χ4v) is 1.93. The molecule has 106 valence electrons. The molecule has 21 heavy (non-hydrogen) atoms. The van der Waals surface area contributed by atoms with E-state index in [0.29, 0.717) is 17.9 Å². The first-order valence-corrected chi connectivity index (χ1v) is 6.58. The van der Waals surface area contributed by atoms with E-state index in [0.717, 1.165) is 5.56 Å². The number of aromatic nitrogens is 1. The fraction of sp³-hybridized carbons (Fsp3) is 0.188. The van der Waals surface area contributed by atoms with E-state index >= 15 is 0 Å². The van der Waals surface area contributed by atoms with Crippen LogP contribution in [-0.2, 0) is 17.8 Å². The summed E-state index contributed by atoms with van der Waals surface area (Å²) < 4.78 is 0. The van der Waals surface area contributed by atoms with Crippen LogP contribution >= 0.6 is 0 Å². The molecule has 0 bridgehead atoms. The van der Waals surface area contributed by atoms with Crippen molar-refractivity contribution in [2.24, 2.45) is 0 Å². The number of anilines is 1. The first-order chi connectivity index (χ1) is 10.2. The molecule has 1 aromatic carbocycles. The molecule has 1 aromatic heterocycles. The summed E-state index contributed by atoms with van der Waals surface area (Å²) in [6.07, 6.45) is 1.68. The number of nitrogens with zero attached hydrogens (tertiary/aromatic N) is 3. The molecular formula is C16H16N4O. The lowest BCUT2D eigenvalue weighted by Crippen LogP contribution is -2.32. The van der Waals surface area contributed by atoms with Crippen molar-refractivity contribution in [2.45, 2.75) is 13.0 Å². The van der Waals surface area contributed by atoms with Gasteiger partial charge in [-0.05, 0) is 17.7 Å².